The molecule has 5 atom stereocenters. The number of fused-ring (bicyclic) bond motifs is 1. The second kappa shape index (κ2) is 9.00. The molecule has 4 rings (SSSR count). The van der Waals surface area contributed by atoms with Gasteiger partial charge in [0.1, 0.15) is 41.3 Å². The molecule has 7 N–H and O–H groups in total. The van der Waals surface area contributed by atoms with E-state index in [1.165, 1.54) is 25.3 Å². The van der Waals surface area contributed by atoms with Crippen molar-refractivity contribution in [2.75, 3.05) is 13.7 Å². The van der Waals surface area contributed by atoms with Crippen molar-refractivity contribution in [3.05, 3.63) is 40.6 Å². The first kappa shape index (κ1) is 23.6. The molecule has 1 fully saturated rings. The fraction of sp³-hybridized carbons (Fsp3) is 0.318. The van der Waals surface area contributed by atoms with Crippen LogP contribution >= 0.6 is 0 Å². The van der Waals surface area contributed by atoms with E-state index in [0.717, 1.165) is 12.1 Å². The third-order valence-corrected chi connectivity index (χ3v) is 5.48. The maximum absolute atomic E-state index is 12.7. The molecule has 0 unspecified atom stereocenters. The number of methoxy groups -OCH3 is 1. The van der Waals surface area contributed by atoms with E-state index >= 15 is 0 Å². The number of aliphatic hydroxyl groups is 4. The summed E-state index contributed by atoms with van der Waals surface area (Å²) in [4.78, 5) is 12.7. The summed E-state index contributed by atoms with van der Waals surface area (Å²) < 4.78 is 21.3. The number of hydrogen-bond acceptors (Lipinski definition) is 12. The van der Waals surface area contributed by atoms with Crippen molar-refractivity contribution in [3.8, 4) is 40.1 Å². The van der Waals surface area contributed by atoms with Crippen LogP contribution in [0.3, 0.4) is 0 Å². The smallest absolute Gasteiger partial charge is 0.229 e. The topological polar surface area (TPSA) is 200 Å². The fourth-order valence-corrected chi connectivity index (χ4v) is 3.63. The average Bonchev–Trinajstić information content (AvgIpc) is 2.82. The second-order valence-corrected chi connectivity index (χ2v) is 7.62. The minimum Gasteiger partial charge on any atom is -0.507 e. The van der Waals surface area contributed by atoms with E-state index in [9.17, 15) is 40.5 Å². The molecule has 0 spiro atoms. The normalized spacial score (nSPS) is 24.8. The van der Waals surface area contributed by atoms with Crippen LogP contribution in [0, 0.1) is 0 Å². The van der Waals surface area contributed by atoms with Crippen molar-refractivity contribution in [2.45, 2.75) is 30.7 Å². The number of aromatic hydroxyl groups is 3. The number of phenolic OH excluding ortho intramolecular Hbond substituents is 3. The summed E-state index contributed by atoms with van der Waals surface area (Å²) >= 11 is 0. The zero-order valence-electron chi connectivity index (χ0n) is 17.7. The molecule has 1 aliphatic heterocycles. The molecular formula is C22H22O12. The lowest BCUT2D eigenvalue weighted by atomic mass is 9.99. The number of aliphatic hydroxyl groups excluding tert-OH is 4. The maximum Gasteiger partial charge on any atom is 0.229 e. The lowest BCUT2D eigenvalue weighted by Crippen LogP contribution is -2.60. The highest BCUT2D eigenvalue weighted by Crippen LogP contribution is 2.42. The molecule has 1 aliphatic rings. The van der Waals surface area contributed by atoms with Crippen LogP contribution in [0.25, 0.3) is 22.3 Å². The Kier molecular flexibility index (Phi) is 6.25. The number of rotatable bonds is 5. The van der Waals surface area contributed by atoms with Gasteiger partial charge in [-0.15, -0.1) is 0 Å². The monoisotopic (exact) mass is 478 g/mol. The zero-order valence-corrected chi connectivity index (χ0v) is 17.7. The van der Waals surface area contributed by atoms with Crippen molar-refractivity contribution in [1.29, 1.82) is 0 Å². The lowest BCUT2D eigenvalue weighted by molar-refractivity contribution is -0.277. The van der Waals surface area contributed by atoms with Crippen LogP contribution < -0.4 is 14.9 Å². The Balaban J connectivity index is 1.78. The SMILES string of the molecule is COc1cc(-c2cc(=O)c3c(O)cc(O[C@@H]4O[C@H](CO)[C@@H](O)[C@H](O)[C@H]4O)c(O)c3o2)ccc1O. The summed E-state index contributed by atoms with van der Waals surface area (Å²) in [6.45, 7) is -0.700. The number of phenols is 3. The lowest BCUT2D eigenvalue weighted by Gasteiger charge is -2.39. The van der Waals surface area contributed by atoms with Gasteiger partial charge < -0.3 is 54.4 Å². The molecule has 0 saturated carbocycles. The summed E-state index contributed by atoms with van der Waals surface area (Å²) in [5.74, 6) is -1.89. The molecule has 2 heterocycles. The van der Waals surface area contributed by atoms with Crippen LogP contribution in [0.2, 0.25) is 0 Å². The van der Waals surface area contributed by atoms with E-state index in [1.807, 2.05) is 0 Å². The molecule has 0 radical (unpaired) electrons. The van der Waals surface area contributed by atoms with Gasteiger partial charge in [-0.05, 0) is 18.2 Å². The van der Waals surface area contributed by atoms with E-state index in [4.69, 9.17) is 18.6 Å². The van der Waals surface area contributed by atoms with E-state index < -0.39 is 65.6 Å². The van der Waals surface area contributed by atoms with Crippen molar-refractivity contribution in [1.82, 2.24) is 0 Å². The van der Waals surface area contributed by atoms with Crippen LogP contribution in [0.1, 0.15) is 0 Å². The highest BCUT2D eigenvalue weighted by Gasteiger charge is 2.45. The van der Waals surface area contributed by atoms with Gasteiger partial charge in [-0.1, -0.05) is 0 Å². The molecule has 2 aromatic carbocycles. The van der Waals surface area contributed by atoms with Gasteiger partial charge in [0, 0.05) is 17.7 Å². The minimum atomic E-state index is -1.78. The third kappa shape index (κ3) is 3.97. The summed E-state index contributed by atoms with van der Waals surface area (Å²) in [6, 6.07) is 6.11. The molecular weight excluding hydrogens is 456 g/mol. The Hall–Kier alpha value is -3.55. The first-order chi connectivity index (χ1) is 16.2. The summed E-state index contributed by atoms with van der Waals surface area (Å²) in [5.41, 5.74) is -0.836. The Morgan fingerprint density at radius 3 is 2.35 bits per heavy atom. The molecule has 0 bridgehead atoms. The molecule has 0 aliphatic carbocycles. The van der Waals surface area contributed by atoms with E-state index in [1.54, 1.807) is 0 Å². The van der Waals surface area contributed by atoms with Crippen LogP contribution in [0.5, 0.6) is 28.7 Å². The zero-order chi connectivity index (χ0) is 24.7. The van der Waals surface area contributed by atoms with Crippen LogP contribution in [-0.4, -0.2) is 80.2 Å². The second-order valence-electron chi connectivity index (χ2n) is 7.62. The summed E-state index contributed by atoms with van der Waals surface area (Å²) in [5, 5.41) is 69.9. The quantitative estimate of drug-likeness (QED) is 0.238. The largest absolute Gasteiger partial charge is 0.507 e. The van der Waals surface area contributed by atoms with Crippen molar-refractivity contribution < 1.29 is 54.4 Å². The van der Waals surface area contributed by atoms with Gasteiger partial charge in [0.15, 0.2) is 28.3 Å². The molecule has 12 nitrogen and oxygen atoms in total. The minimum absolute atomic E-state index is 0.0320. The maximum atomic E-state index is 12.7. The number of hydrogen-bond donors (Lipinski definition) is 7. The van der Waals surface area contributed by atoms with Gasteiger partial charge in [0.05, 0.1) is 13.7 Å². The van der Waals surface area contributed by atoms with Crippen LogP contribution in [-0.2, 0) is 4.74 Å². The van der Waals surface area contributed by atoms with E-state index in [0.29, 0.717) is 5.56 Å². The Morgan fingerprint density at radius 1 is 0.941 bits per heavy atom. The van der Waals surface area contributed by atoms with Gasteiger partial charge in [-0.2, -0.15) is 0 Å². The molecule has 34 heavy (non-hydrogen) atoms. The van der Waals surface area contributed by atoms with Crippen LogP contribution in [0.15, 0.2) is 39.5 Å². The number of benzene rings is 2. The van der Waals surface area contributed by atoms with Crippen LogP contribution in [0.4, 0.5) is 0 Å². The van der Waals surface area contributed by atoms with Crippen molar-refractivity contribution in [2.24, 2.45) is 0 Å². The molecule has 182 valence electrons. The number of ether oxygens (including phenoxy) is 3. The summed E-state index contributed by atoms with van der Waals surface area (Å²) in [7, 11) is 1.34. The Morgan fingerprint density at radius 2 is 1.68 bits per heavy atom. The third-order valence-electron chi connectivity index (χ3n) is 5.48. The summed E-state index contributed by atoms with van der Waals surface area (Å²) in [6.07, 6.45) is -8.07. The standard InChI is InChI=1S/C22H22O12/c1-31-13-4-8(2-3-9(13)24)12-5-10(25)16-11(26)6-14(18(28)21(16)32-12)33-22-20(30)19(29)17(27)15(7-23)34-22/h2-6,15,17,19-20,22-24,26-30H,7H2,1H3/t15-,17-,19+,20-,22-/m1/s1. The predicted molar refractivity (Wildman–Crippen MR) is 114 cm³/mol. The van der Waals surface area contributed by atoms with Gasteiger partial charge in [0.2, 0.25) is 12.0 Å². The molecule has 0 amide bonds. The predicted octanol–water partition coefficient (Wildman–Crippen LogP) is -0.236. The molecule has 3 aromatic rings. The fourth-order valence-electron chi connectivity index (χ4n) is 3.63. The highest BCUT2D eigenvalue weighted by molar-refractivity contribution is 5.91. The van der Waals surface area contributed by atoms with Gasteiger partial charge in [-0.3, -0.25) is 4.79 Å². The first-order valence-electron chi connectivity index (χ1n) is 10.0. The van der Waals surface area contributed by atoms with Gasteiger partial charge in [-0.25, -0.2) is 0 Å². The molecule has 12 heteroatoms. The van der Waals surface area contributed by atoms with E-state index in [-0.39, 0.29) is 22.6 Å². The van der Waals surface area contributed by atoms with Gasteiger partial charge in [0.25, 0.3) is 0 Å². The van der Waals surface area contributed by atoms with Crippen molar-refractivity contribution >= 4 is 11.0 Å². The molecule has 1 saturated heterocycles. The van der Waals surface area contributed by atoms with Gasteiger partial charge >= 0.3 is 0 Å². The first-order valence-corrected chi connectivity index (χ1v) is 10.0. The Labute approximate surface area is 191 Å². The molecule has 1 aromatic heterocycles. The Bertz CT molecular complexity index is 1270. The highest BCUT2D eigenvalue weighted by atomic mass is 16.7. The average molecular weight is 478 g/mol. The van der Waals surface area contributed by atoms with Crippen molar-refractivity contribution in [3.63, 3.8) is 0 Å². The van der Waals surface area contributed by atoms with E-state index in [2.05, 4.69) is 0 Å².